The van der Waals surface area contributed by atoms with Crippen molar-refractivity contribution in [2.45, 2.75) is 32.7 Å². The van der Waals surface area contributed by atoms with Gasteiger partial charge in [0.2, 0.25) is 0 Å². The van der Waals surface area contributed by atoms with Crippen LogP contribution in [0.4, 0.5) is 0 Å². The van der Waals surface area contributed by atoms with Crippen LogP contribution in [-0.4, -0.2) is 13.7 Å². The minimum absolute atomic E-state index is 0.355. The average Bonchev–Trinajstić information content (AvgIpc) is 2.91. The molecule has 1 aromatic carbocycles. The van der Waals surface area contributed by atoms with Gasteiger partial charge in [0.1, 0.15) is 5.75 Å². The standard InChI is InChI=1S/C17H22BrNOS/c1-4-8-19-16(17-12(2)7-9-21-17)11-13-10-14(20-3)5-6-15(13)18/h5-7,9-10,16,19H,4,8,11H2,1-3H3. The molecule has 0 aliphatic heterocycles. The molecule has 2 nitrogen and oxygen atoms in total. The largest absolute Gasteiger partial charge is 0.497 e. The number of hydrogen-bond acceptors (Lipinski definition) is 3. The molecule has 21 heavy (non-hydrogen) atoms. The number of methoxy groups -OCH3 is 1. The SMILES string of the molecule is CCCNC(Cc1cc(OC)ccc1Br)c1sccc1C. The molecule has 1 N–H and O–H groups in total. The number of ether oxygens (including phenoxy) is 1. The molecule has 0 fully saturated rings. The molecule has 0 aliphatic carbocycles. The monoisotopic (exact) mass is 367 g/mol. The Kier molecular flexibility index (Phi) is 6.27. The van der Waals surface area contributed by atoms with Gasteiger partial charge >= 0.3 is 0 Å². The van der Waals surface area contributed by atoms with Gasteiger partial charge in [-0.15, -0.1) is 11.3 Å². The number of nitrogens with one attached hydrogen (secondary N) is 1. The molecule has 0 spiro atoms. The third-order valence-corrected chi connectivity index (χ3v) is 5.44. The van der Waals surface area contributed by atoms with Crippen molar-refractivity contribution in [3.8, 4) is 5.75 Å². The summed E-state index contributed by atoms with van der Waals surface area (Å²) in [7, 11) is 1.71. The van der Waals surface area contributed by atoms with E-state index in [0.29, 0.717) is 6.04 Å². The molecule has 0 saturated heterocycles. The highest BCUT2D eigenvalue weighted by Gasteiger charge is 2.17. The Bertz CT molecular complexity index is 582. The van der Waals surface area contributed by atoms with Gasteiger partial charge in [0.05, 0.1) is 7.11 Å². The second-order valence-corrected chi connectivity index (χ2v) is 6.94. The predicted octanol–water partition coefficient (Wildman–Crippen LogP) is 5.11. The number of benzene rings is 1. The van der Waals surface area contributed by atoms with Crippen molar-refractivity contribution in [3.05, 3.63) is 50.1 Å². The Morgan fingerprint density at radius 1 is 1.33 bits per heavy atom. The summed E-state index contributed by atoms with van der Waals surface area (Å²) in [5, 5.41) is 5.85. The van der Waals surface area contributed by atoms with Crippen LogP contribution in [0, 0.1) is 6.92 Å². The van der Waals surface area contributed by atoms with Crippen molar-refractivity contribution in [1.82, 2.24) is 5.32 Å². The van der Waals surface area contributed by atoms with E-state index in [-0.39, 0.29) is 0 Å². The topological polar surface area (TPSA) is 21.3 Å². The Morgan fingerprint density at radius 2 is 2.14 bits per heavy atom. The van der Waals surface area contributed by atoms with E-state index >= 15 is 0 Å². The lowest BCUT2D eigenvalue weighted by Crippen LogP contribution is -2.24. The first-order valence-electron chi connectivity index (χ1n) is 7.25. The van der Waals surface area contributed by atoms with Crippen molar-refractivity contribution >= 4 is 27.3 Å². The van der Waals surface area contributed by atoms with Crippen LogP contribution in [0.1, 0.15) is 35.4 Å². The van der Waals surface area contributed by atoms with E-state index in [0.717, 1.165) is 29.6 Å². The second-order valence-electron chi connectivity index (χ2n) is 5.14. The summed E-state index contributed by atoms with van der Waals surface area (Å²) < 4.78 is 6.49. The first-order valence-corrected chi connectivity index (χ1v) is 8.92. The van der Waals surface area contributed by atoms with Crippen molar-refractivity contribution in [2.24, 2.45) is 0 Å². The third-order valence-electron chi connectivity index (χ3n) is 3.54. The Labute approximate surface area is 139 Å². The zero-order valence-corrected chi connectivity index (χ0v) is 15.2. The number of thiophene rings is 1. The van der Waals surface area contributed by atoms with Gasteiger partial charge in [0, 0.05) is 15.4 Å². The van der Waals surface area contributed by atoms with E-state index in [2.05, 4.69) is 58.7 Å². The summed E-state index contributed by atoms with van der Waals surface area (Å²) >= 11 is 5.49. The molecule has 0 saturated carbocycles. The van der Waals surface area contributed by atoms with Crippen molar-refractivity contribution < 1.29 is 4.74 Å². The van der Waals surface area contributed by atoms with Crippen LogP contribution in [-0.2, 0) is 6.42 Å². The maximum Gasteiger partial charge on any atom is 0.119 e. The number of rotatable bonds is 7. The molecule has 0 aliphatic rings. The molecular weight excluding hydrogens is 346 g/mol. The highest BCUT2D eigenvalue weighted by molar-refractivity contribution is 9.10. The van der Waals surface area contributed by atoms with Crippen molar-refractivity contribution in [2.75, 3.05) is 13.7 Å². The van der Waals surface area contributed by atoms with Crippen LogP contribution in [0.25, 0.3) is 0 Å². The minimum Gasteiger partial charge on any atom is -0.497 e. The Morgan fingerprint density at radius 3 is 2.76 bits per heavy atom. The van der Waals surface area contributed by atoms with Crippen LogP contribution < -0.4 is 10.1 Å². The Balaban J connectivity index is 2.24. The second kappa shape index (κ2) is 7.97. The molecular formula is C17H22BrNOS. The van der Waals surface area contributed by atoms with E-state index in [1.165, 1.54) is 16.0 Å². The summed E-state index contributed by atoms with van der Waals surface area (Å²) in [6, 6.07) is 8.72. The lowest BCUT2D eigenvalue weighted by Gasteiger charge is -2.19. The van der Waals surface area contributed by atoms with E-state index in [1.54, 1.807) is 7.11 Å². The molecule has 1 unspecified atom stereocenters. The summed E-state index contributed by atoms with van der Waals surface area (Å²) in [5.41, 5.74) is 2.64. The molecule has 0 amide bonds. The predicted molar refractivity (Wildman–Crippen MR) is 94.5 cm³/mol. The van der Waals surface area contributed by atoms with Gasteiger partial charge in [-0.3, -0.25) is 0 Å². The fourth-order valence-electron chi connectivity index (χ4n) is 2.37. The van der Waals surface area contributed by atoms with E-state index < -0.39 is 0 Å². The highest BCUT2D eigenvalue weighted by atomic mass is 79.9. The average molecular weight is 368 g/mol. The minimum atomic E-state index is 0.355. The molecule has 1 aromatic heterocycles. The molecule has 0 bridgehead atoms. The Hall–Kier alpha value is -0.840. The zero-order valence-electron chi connectivity index (χ0n) is 12.8. The van der Waals surface area contributed by atoms with Gasteiger partial charge in [-0.05, 0) is 67.1 Å². The van der Waals surface area contributed by atoms with Crippen LogP contribution in [0.5, 0.6) is 5.75 Å². The summed E-state index contributed by atoms with van der Waals surface area (Å²) in [4.78, 5) is 1.43. The third kappa shape index (κ3) is 4.31. The van der Waals surface area contributed by atoms with Gasteiger partial charge in [-0.1, -0.05) is 22.9 Å². The zero-order chi connectivity index (χ0) is 15.2. The van der Waals surface area contributed by atoms with Gasteiger partial charge in [0.25, 0.3) is 0 Å². The smallest absolute Gasteiger partial charge is 0.119 e. The number of hydrogen-bond donors (Lipinski definition) is 1. The fourth-order valence-corrected chi connectivity index (χ4v) is 3.78. The first-order chi connectivity index (χ1) is 10.2. The molecule has 1 atom stereocenters. The molecule has 2 aromatic rings. The van der Waals surface area contributed by atoms with Crippen molar-refractivity contribution in [1.29, 1.82) is 0 Å². The van der Waals surface area contributed by atoms with Crippen LogP contribution >= 0.6 is 27.3 Å². The van der Waals surface area contributed by atoms with Crippen LogP contribution in [0.2, 0.25) is 0 Å². The van der Waals surface area contributed by atoms with Gasteiger partial charge in [0.15, 0.2) is 0 Å². The maximum absolute atomic E-state index is 5.35. The summed E-state index contributed by atoms with van der Waals surface area (Å²) in [6.45, 7) is 5.42. The fraction of sp³-hybridized carbons (Fsp3) is 0.412. The maximum atomic E-state index is 5.35. The van der Waals surface area contributed by atoms with E-state index in [4.69, 9.17) is 4.74 Å². The van der Waals surface area contributed by atoms with Gasteiger partial charge in [-0.2, -0.15) is 0 Å². The van der Waals surface area contributed by atoms with Gasteiger partial charge in [-0.25, -0.2) is 0 Å². The molecule has 2 rings (SSSR count). The number of aryl methyl sites for hydroxylation is 1. The van der Waals surface area contributed by atoms with Crippen molar-refractivity contribution in [3.63, 3.8) is 0 Å². The lowest BCUT2D eigenvalue weighted by molar-refractivity contribution is 0.413. The van der Waals surface area contributed by atoms with Gasteiger partial charge < -0.3 is 10.1 Å². The first kappa shape index (κ1) is 16.5. The molecule has 1 heterocycles. The number of halogens is 1. The van der Waals surface area contributed by atoms with Crippen LogP contribution in [0.15, 0.2) is 34.1 Å². The van der Waals surface area contributed by atoms with Crippen LogP contribution in [0.3, 0.4) is 0 Å². The quantitative estimate of drug-likeness (QED) is 0.733. The molecule has 114 valence electrons. The normalized spacial score (nSPS) is 12.4. The van der Waals surface area contributed by atoms with E-state index in [9.17, 15) is 0 Å². The lowest BCUT2D eigenvalue weighted by atomic mass is 10.0. The highest BCUT2D eigenvalue weighted by Crippen LogP contribution is 2.31. The molecule has 4 heteroatoms. The summed E-state index contributed by atoms with van der Waals surface area (Å²) in [5.74, 6) is 0.908. The van der Waals surface area contributed by atoms with E-state index in [1.807, 2.05) is 17.4 Å². The summed E-state index contributed by atoms with van der Waals surface area (Å²) in [6.07, 6.45) is 2.10. The molecule has 0 radical (unpaired) electrons.